The smallest absolute Gasteiger partial charge is 0.306 e. The summed E-state index contributed by atoms with van der Waals surface area (Å²) in [5.41, 5.74) is 0.852. The van der Waals surface area contributed by atoms with Gasteiger partial charge in [0.15, 0.2) is 5.16 Å². The molecule has 0 unspecified atom stereocenters. The van der Waals surface area contributed by atoms with Crippen LogP contribution in [0.1, 0.15) is 22.8 Å². The van der Waals surface area contributed by atoms with Crippen molar-refractivity contribution in [1.29, 1.82) is 0 Å². The maximum atomic E-state index is 13.5. The number of imide groups is 1. The summed E-state index contributed by atoms with van der Waals surface area (Å²) in [4.78, 5) is 42.0. The van der Waals surface area contributed by atoms with Crippen molar-refractivity contribution < 1.29 is 23.2 Å². The van der Waals surface area contributed by atoms with Gasteiger partial charge in [-0.3, -0.25) is 14.3 Å². The van der Waals surface area contributed by atoms with Crippen molar-refractivity contribution in [2.45, 2.75) is 13.3 Å². The highest BCUT2D eigenvalue weighted by atomic mass is 32.2. The lowest BCUT2D eigenvalue weighted by Gasteiger charge is -2.26. The molecule has 3 rings (SSSR count). The van der Waals surface area contributed by atoms with Crippen LogP contribution < -0.4 is 14.9 Å². The summed E-state index contributed by atoms with van der Waals surface area (Å²) in [6.45, 7) is 5.16. The number of nitrogens with one attached hydrogen (secondary N) is 2. The van der Waals surface area contributed by atoms with Crippen LogP contribution in [-0.4, -0.2) is 22.8 Å². The lowest BCUT2D eigenvalue weighted by atomic mass is 9.98. The van der Waals surface area contributed by atoms with Crippen LogP contribution in [0.2, 0.25) is 0 Å². The lowest BCUT2D eigenvalue weighted by Crippen LogP contribution is -2.43. The quantitative estimate of drug-likeness (QED) is 0.475. The summed E-state index contributed by atoms with van der Waals surface area (Å²) in [7, 11) is 0. The zero-order chi connectivity index (χ0) is 22.5. The number of hydrogen-bond donors (Lipinski definition) is 2. The zero-order valence-electron chi connectivity index (χ0n) is 16.1. The number of fused-ring (bicyclic) bond motifs is 1. The molecule has 11 heteroatoms. The molecule has 0 atom stereocenters. The van der Waals surface area contributed by atoms with Gasteiger partial charge in [0.25, 0.3) is 5.91 Å². The van der Waals surface area contributed by atoms with E-state index in [-0.39, 0.29) is 17.8 Å². The van der Waals surface area contributed by atoms with E-state index in [1.54, 1.807) is 6.92 Å². The van der Waals surface area contributed by atoms with Crippen LogP contribution in [-0.2, 0) is 11.2 Å². The van der Waals surface area contributed by atoms with E-state index in [0.717, 1.165) is 34.7 Å². The van der Waals surface area contributed by atoms with Gasteiger partial charge in [-0.25, -0.2) is 19.1 Å². The van der Waals surface area contributed by atoms with Gasteiger partial charge in [0.1, 0.15) is 11.6 Å². The maximum absolute atomic E-state index is 13.5. The van der Waals surface area contributed by atoms with Crippen LogP contribution in [0.5, 0.6) is 0 Å². The van der Waals surface area contributed by atoms with Gasteiger partial charge in [0.05, 0.1) is 22.5 Å². The number of aromatic nitrogens is 1. The Balaban J connectivity index is 1.64. The number of carbonyl (C=O) groups excluding carboxylic acids is 3. The number of hydrogen-bond acceptors (Lipinski definition) is 6. The van der Waals surface area contributed by atoms with Crippen molar-refractivity contribution in [2.24, 2.45) is 0 Å². The molecule has 0 bridgehead atoms. The number of nitrogens with zero attached hydrogens (tertiary/aromatic N) is 2. The van der Waals surface area contributed by atoms with Gasteiger partial charge in [-0.05, 0) is 54.8 Å². The number of amides is 4. The second-order valence-electron chi connectivity index (χ2n) is 6.14. The number of carbonyl (C=O) groups is 3. The molecule has 0 aliphatic carbocycles. The predicted molar refractivity (Wildman–Crippen MR) is 117 cm³/mol. The Hall–Kier alpha value is -3.18. The lowest BCUT2D eigenvalue weighted by molar-refractivity contribution is -0.117. The molecule has 2 N–H and O–H groups in total. The standard InChI is InChI=1S/C20H16F2N4O3S2/c1-3-16(22)30-11(2)31-25-20(29)24-14-6-7-17(23-10-14)26-18(27)8-12-4-5-13(21)9-15(12)19(26)28/h3-7,9-10H,2,8H2,1H3,(H2,24,25,29)/b16-3-. The Bertz CT molecular complexity index is 1090. The third-order valence-electron chi connectivity index (χ3n) is 4.03. The van der Waals surface area contributed by atoms with E-state index in [9.17, 15) is 23.2 Å². The van der Waals surface area contributed by atoms with Gasteiger partial charge in [0, 0.05) is 5.56 Å². The molecule has 0 spiro atoms. The molecule has 1 aromatic carbocycles. The van der Waals surface area contributed by atoms with Crippen molar-refractivity contribution in [3.8, 4) is 0 Å². The van der Waals surface area contributed by atoms with Gasteiger partial charge in [0.2, 0.25) is 5.91 Å². The van der Waals surface area contributed by atoms with E-state index in [4.69, 9.17) is 0 Å². The van der Waals surface area contributed by atoms with E-state index in [2.05, 4.69) is 21.6 Å². The van der Waals surface area contributed by atoms with Gasteiger partial charge < -0.3 is 5.32 Å². The minimum atomic E-state index is -0.669. The minimum Gasteiger partial charge on any atom is -0.306 e. The monoisotopic (exact) mass is 462 g/mol. The van der Waals surface area contributed by atoms with Crippen molar-refractivity contribution in [3.05, 3.63) is 75.5 Å². The fourth-order valence-electron chi connectivity index (χ4n) is 2.65. The number of thioether (sulfide) groups is 1. The first-order valence-electron chi connectivity index (χ1n) is 8.82. The highest BCUT2D eigenvalue weighted by Gasteiger charge is 2.33. The van der Waals surface area contributed by atoms with Crippen molar-refractivity contribution in [3.63, 3.8) is 0 Å². The van der Waals surface area contributed by atoms with Crippen LogP contribution in [0.4, 0.5) is 25.1 Å². The van der Waals surface area contributed by atoms with Gasteiger partial charge in [-0.15, -0.1) is 0 Å². The van der Waals surface area contributed by atoms with E-state index in [0.29, 0.717) is 15.5 Å². The number of allylic oxidation sites excluding steroid dienone is 1. The fourth-order valence-corrected chi connectivity index (χ4v) is 3.77. The highest BCUT2D eigenvalue weighted by molar-refractivity contribution is 8.23. The highest BCUT2D eigenvalue weighted by Crippen LogP contribution is 2.31. The van der Waals surface area contributed by atoms with Crippen LogP contribution in [0.25, 0.3) is 0 Å². The van der Waals surface area contributed by atoms with Gasteiger partial charge in [-0.2, -0.15) is 4.39 Å². The first-order chi connectivity index (χ1) is 14.8. The van der Waals surface area contributed by atoms with Gasteiger partial charge in [-0.1, -0.05) is 24.4 Å². The first-order valence-corrected chi connectivity index (χ1v) is 10.5. The number of halogens is 2. The molecule has 160 valence electrons. The molecule has 0 saturated heterocycles. The molecule has 1 aromatic heterocycles. The van der Waals surface area contributed by atoms with E-state index >= 15 is 0 Å². The second kappa shape index (κ2) is 9.75. The number of anilines is 2. The summed E-state index contributed by atoms with van der Waals surface area (Å²) in [6.07, 6.45) is 2.49. The Morgan fingerprint density at radius 1 is 1.29 bits per heavy atom. The largest absolute Gasteiger partial charge is 0.329 e. The van der Waals surface area contributed by atoms with Crippen molar-refractivity contribution in [1.82, 2.24) is 9.71 Å². The molecule has 0 radical (unpaired) electrons. The molecule has 7 nitrogen and oxygen atoms in total. The summed E-state index contributed by atoms with van der Waals surface area (Å²) in [5, 5.41) is 2.07. The van der Waals surface area contributed by atoms with Crippen molar-refractivity contribution in [2.75, 3.05) is 10.2 Å². The Labute approximate surface area is 185 Å². The third kappa shape index (κ3) is 5.50. The summed E-state index contributed by atoms with van der Waals surface area (Å²) >= 11 is 1.62. The average Bonchev–Trinajstić information content (AvgIpc) is 2.74. The van der Waals surface area contributed by atoms with Crippen LogP contribution in [0.3, 0.4) is 0 Å². The predicted octanol–water partition coefficient (Wildman–Crippen LogP) is 4.76. The molecule has 1 aliphatic rings. The molecule has 4 amide bonds. The number of pyridine rings is 1. The van der Waals surface area contributed by atoms with Crippen LogP contribution >= 0.6 is 23.7 Å². The number of benzene rings is 1. The summed E-state index contributed by atoms with van der Waals surface area (Å²) in [5.74, 6) is -1.68. The number of urea groups is 1. The molecule has 31 heavy (non-hydrogen) atoms. The Morgan fingerprint density at radius 2 is 2.06 bits per heavy atom. The van der Waals surface area contributed by atoms with Gasteiger partial charge >= 0.3 is 6.03 Å². The first kappa shape index (κ1) is 22.5. The molecule has 2 heterocycles. The fraction of sp³-hybridized carbons (Fsp3) is 0.100. The average molecular weight is 463 g/mol. The number of rotatable bonds is 6. The molecule has 1 aliphatic heterocycles. The van der Waals surface area contributed by atoms with E-state index < -0.39 is 28.8 Å². The zero-order valence-corrected chi connectivity index (χ0v) is 17.8. The van der Waals surface area contributed by atoms with Crippen LogP contribution in [0.15, 0.2) is 58.6 Å². The maximum Gasteiger partial charge on any atom is 0.329 e. The van der Waals surface area contributed by atoms with Crippen molar-refractivity contribution >= 4 is 53.1 Å². The van der Waals surface area contributed by atoms with Crippen LogP contribution in [0, 0.1) is 5.82 Å². The molecular weight excluding hydrogens is 446 g/mol. The summed E-state index contributed by atoms with van der Waals surface area (Å²) in [6, 6.07) is 5.94. The second-order valence-corrected chi connectivity index (χ2v) is 8.39. The minimum absolute atomic E-state index is 0.0526. The molecule has 0 saturated carbocycles. The summed E-state index contributed by atoms with van der Waals surface area (Å²) < 4.78 is 29.4. The Kier molecular flexibility index (Phi) is 7.08. The third-order valence-corrected chi connectivity index (χ3v) is 5.70. The van der Waals surface area contributed by atoms with E-state index in [1.165, 1.54) is 36.5 Å². The normalized spacial score (nSPS) is 13.6. The van der Waals surface area contributed by atoms with E-state index in [1.807, 2.05) is 0 Å². The molecule has 0 fully saturated rings. The topological polar surface area (TPSA) is 91.4 Å². The Morgan fingerprint density at radius 3 is 2.74 bits per heavy atom. The molecule has 2 aromatic rings. The SMILES string of the molecule is C=C(SNC(=O)Nc1ccc(N2C(=O)Cc3ccc(F)cc3C2=O)nc1)S/C(F)=C\C. The molecular formula is C20H16F2N4O3S2.